The zero-order valence-corrected chi connectivity index (χ0v) is 12.6. The molecule has 1 fully saturated rings. The van der Waals surface area contributed by atoms with E-state index in [0.29, 0.717) is 19.7 Å². The molecule has 0 N–H and O–H groups in total. The van der Waals surface area contributed by atoms with Gasteiger partial charge >= 0.3 is 0 Å². The summed E-state index contributed by atoms with van der Waals surface area (Å²) in [6, 6.07) is 6.07. The first-order chi connectivity index (χ1) is 9.48. The molecule has 0 aliphatic carbocycles. The minimum atomic E-state index is -3.59. The Morgan fingerprint density at radius 1 is 1.55 bits per heavy atom. The zero-order valence-electron chi connectivity index (χ0n) is 11.0. The topological polar surface area (TPSA) is 70.4 Å². The summed E-state index contributed by atoms with van der Waals surface area (Å²) >= 11 is 5.90. The van der Waals surface area contributed by atoms with Crippen LogP contribution in [0, 0.1) is 11.3 Å². The summed E-state index contributed by atoms with van der Waals surface area (Å²) in [4.78, 5) is 0.109. The third-order valence-corrected chi connectivity index (χ3v) is 5.43. The maximum Gasteiger partial charge on any atom is 0.243 e. The van der Waals surface area contributed by atoms with Crippen LogP contribution in [0.1, 0.15) is 18.9 Å². The van der Waals surface area contributed by atoms with Crippen LogP contribution in [-0.4, -0.2) is 38.5 Å². The molecule has 0 saturated carbocycles. The third-order valence-electron chi connectivity index (χ3n) is 3.26. The predicted octanol–water partition coefficient (Wildman–Crippen LogP) is 2.01. The van der Waals surface area contributed by atoms with Crippen LogP contribution in [0.3, 0.4) is 0 Å². The van der Waals surface area contributed by atoms with E-state index in [9.17, 15) is 8.42 Å². The minimum Gasteiger partial charge on any atom is -0.375 e. The Labute approximate surface area is 123 Å². The van der Waals surface area contributed by atoms with E-state index < -0.39 is 10.0 Å². The van der Waals surface area contributed by atoms with Crippen molar-refractivity contribution in [2.24, 2.45) is 0 Å². The van der Waals surface area contributed by atoms with Crippen LogP contribution in [0.5, 0.6) is 0 Å². The normalized spacial score (nSPS) is 20.6. The van der Waals surface area contributed by atoms with E-state index in [4.69, 9.17) is 21.6 Å². The quantitative estimate of drug-likeness (QED) is 0.855. The Hall–Kier alpha value is -1.13. The third kappa shape index (κ3) is 2.96. The van der Waals surface area contributed by atoms with E-state index in [1.54, 1.807) is 0 Å². The molecule has 108 valence electrons. The Balaban J connectivity index is 2.31. The first kappa shape index (κ1) is 15.3. The van der Waals surface area contributed by atoms with E-state index in [0.717, 1.165) is 6.42 Å². The van der Waals surface area contributed by atoms with Crippen molar-refractivity contribution in [3.05, 3.63) is 28.8 Å². The lowest BCUT2D eigenvalue weighted by Crippen LogP contribution is -2.45. The van der Waals surface area contributed by atoms with E-state index >= 15 is 0 Å². The Kier molecular flexibility index (Phi) is 4.66. The van der Waals surface area contributed by atoms with Gasteiger partial charge in [-0.2, -0.15) is 9.57 Å². The van der Waals surface area contributed by atoms with Crippen molar-refractivity contribution in [1.82, 2.24) is 4.31 Å². The van der Waals surface area contributed by atoms with Gasteiger partial charge in [0.05, 0.1) is 28.2 Å². The SMILES string of the molecule is CCC1CN(S(=O)(=O)c2ccc(C#N)c(Cl)c2)CCO1. The van der Waals surface area contributed by atoms with Crippen molar-refractivity contribution in [1.29, 1.82) is 5.26 Å². The van der Waals surface area contributed by atoms with E-state index in [1.807, 2.05) is 13.0 Å². The molecule has 0 amide bonds. The van der Waals surface area contributed by atoms with Crippen molar-refractivity contribution >= 4 is 21.6 Å². The number of nitrogens with zero attached hydrogens (tertiary/aromatic N) is 2. The molecular weight excluding hydrogens is 300 g/mol. The molecule has 5 nitrogen and oxygen atoms in total. The van der Waals surface area contributed by atoms with Crippen LogP contribution in [0.15, 0.2) is 23.1 Å². The van der Waals surface area contributed by atoms with Crippen LogP contribution in [-0.2, 0) is 14.8 Å². The monoisotopic (exact) mass is 314 g/mol. The molecule has 1 aliphatic rings. The summed E-state index contributed by atoms with van der Waals surface area (Å²) in [7, 11) is -3.59. The van der Waals surface area contributed by atoms with Crippen molar-refractivity contribution in [2.75, 3.05) is 19.7 Å². The molecular formula is C13H15ClN2O3S. The number of benzene rings is 1. The Morgan fingerprint density at radius 2 is 2.30 bits per heavy atom. The highest BCUT2D eigenvalue weighted by Crippen LogP contribution is 2.24. The number of halogens is 1. The highest BCUT2D eigenvalue weighted by atomic mass is 35.5. The van der Waals surface area contributed by atoms with Crippen molar-refractivity contribution in [2.45, 2.75) is 24.3 Å². The molecule has 1 saturated heterocycles. The summed E-state index contributed by atoms with van der Waals surface area (Å²) in [5.41, 5.74) is 0.263. The van der Waals surface area contributed by atoms with Gasteiger partial charge in [-0.15, -0.1) is 0 Å². The van der Waals surface area contributed by atoms with Gasteiger partial charge < -0.3 is 4.74 Å². The zero-order chi connectivity index (χ0) is 14.8. The number of morpholine rings is 1. The molecule has 0 bridgehead atoms. The number of ether oxygens (including phenoxy) is 1. The van der Waals surface area contributed by atoms with Gasteiger partial charge in [-0.25, -0.2) is 8.42 Å². The first-order valence-corrected chi connectivity index (χ1v) is 8.12. The van der Waals surface area contributed by atoms with Gasteiger partial charge in [0.25, 0.3) is 0 Å². The van der Waals surface area contributed by atoms with Gasteiger partial charge in [-0.3, -0.25) is 0 Å². The van der Waals surface area contributed by atoms with Gasteiger partial charge in [0.1, 0.15) is 6.07 Å². The fourth-order valence-corrected chi connectivity index (χ4v) is 3.82. The van der Waals surface area contributed by atoms with Crippen molar-refractivity contribution < 1.29 is 13.2 Å². The molecule has 20 heavy (non-hydrogen) atoms. The summed E-state index contributed by atoms with van der Waals surface area (Å²) in [5, 5.41) is 8.96. The molecule has 1 atom stereocenters. The summed E-state index contributed by atoms with van der Waals surface area (Å²) in [6.45, 7) is 3.02. The minimum absolute atomic E-state index is 0.0765. The van der Waals surface area contributed by atoms with Crippen LogP contribution >= 0.6 is 11.6 Å². The lowest BCUT2D eigenvalue weighted by Gasteiger charge is -2.31. The van der Waals surface area contributed by atoms with Gasteiger partial charge in [0.2, 0.25) is 10.0 Å². The van der Waals surface area contributed by atoms with Gasteiger partial charge in [0.15, 0.2) is 0 Å². The highest BCUT2D eigenvalue weighted by Gasteiger charge is 2.30. The molecule has 1 aliphatic heterocycles. The van der Waals surface area contributed by atoms with Crippen molar-refractivity contribution in [3.63, 3.8) is 0 Å². The number of sulfonamides is 1. The Bertz CT molecular complexity index is 640. The fraction of sp³-hybridized carbons (Fsp3) is 0.462. The second-order valence-corrected chi connectivity index (χ2v) is 6.86. The maximum atomic E-state index is 12.5. The largest absolute Gasteiger partial charge is 0.375 e. The Morgan fingerprint density at radius 3 is 2.90 bits per heavy atom. The second-order valence-electron chi connectivity index (χ2n) is 4.52. The molecule has 0 radical (unpaired) electrons. The van der Waals surface area contributed by atoms with Crippen LogP contribution < -0.4 is 0 Å². The molecule has 1 aromatic rings. The van der Waals surface area contributed by atoms with E-state index in [-0.39, 0.29) is 21.6 Å². The second kappa shape index (κ2) is 6.10. The lowest BCUT2D eigenvalue weighted by atomic mass is 10.2. The standard InChI is InChI=1S/C13H15ClN2O3S/c1-2-11-9-16(5-6-19-11)20(17,18)12-4-3-10(8-15)13(14)7-12/h3-4,7,11H,2,5-6,9H2,1H3. The number of hydrogen-bond acceptors (Lipinski definition) is 4. The maximum absolute atomic E-state index is 12.5. The van der Waals surface area contributed by atoms with Crippen molar-refractivity contribution in [3.8, 4) is 6.07 Å². The van der Waals surface area contributed by atoms with Crippen LogP contribution in [0.2, 0.25) is 5.02 Å². The fourth-order valence-electron chi connectivity index (χ4n) is 2.05. The average molecular weight is 315 g/mol. The molecule has 1 heterocycles. The molecule has 2 rings (SSSR count). The highest BCUT2D eigenvalue weighted by molar-refractivity contribution is 7.89. The molecule has 1 aromatic carbocycles. The van der Waals surface area contributed by atoms with Gasteiger partial charge in [-0.1, -0.05) is 18.5 Å². The first-order valence-electron chi connectivity index (χ1n) is 6.30. The summed E-state index contributed by atoms with van der Waals surface area (Å²) < 4.78 is 31.9. The van der Waals surface area contributed by atoms with Crippen LogP contribution in [0.25, 0.3) is 0 Å². The number of rotatable bonds is 3. The molecule has 0 aromatic heterocycles. The van der Waals surface area contributed by atoms with E-state index in [1.165, 1.54) is 22.5 Å². The molecule has 0 spiro atoms. The van der Waals surface area contributed by atoms with Gasteiger partial charge in [-0.05, 0) is 24.6 Å². The van der Waals surface area contributed by atoms with Crippen LogP contribution in [0.4, 0.5) is 0 Å². The summed E-state index contributed by atoms with van der Waals surface area (Å²) in [5.74, 6) is 0. The lowest BCUT2D eigenvalue weighted by molar-refractivity contribution is -0.00277. The molecule has 7 heteroatoms. The number of hydrogen-bond donors (Lipinski definition) is 0. The molecule has 1 unspecified atom stereocenters. The number of nitriles is 1. The van der Waals surface area contributed by atoms with E-state index in [2.05, 4.69) is 0 Å². The van der Waals surface area contributed by atoms with Gasteiger partial charge in [0, 0.05) is 13.1 Å². The smallest absolute Gasteiger partial charge is 0.243 e. The summed E-state index contributed by atoms with van der Waals surface area (Å²) in [6.07, 6.45) is 0.688. The predicted molar refractivity (Wildman–Crippen MR) is 75.0 cm³/mol. The average Bonchev–Trinajstić information content (AvgIpc) is 2.47.